The second kappa shape index (κ2) is 13.2. The number of non-ortho nitro benzene ring substituents is 1. The molecule has 11 heteroatoms. The van der Waals surface area contributed by atoms with Gasteiger partial charge >= 0.3 is 5.69 Å². The highest BCUT2D eigenvalue weighted by molar-refractivity contribution is 5.93. The molecule has 1 aromatic carbocycles. The second-order valence-electron chi connectivity index (χ2n) is 7.80. The van der Waals surface area contributed by atoms with Gasteiger partial charge in [-0.3, -0.25) is 10.1 Å². The number of benzene rings is 1. The summed E-state index contributed by atoms with van der Waals surface area (Å²) >= 11 is 0. The SMILES string of the molecule is N[C@@H](CO)[C@H](O)[C@H](O)CCCCCCCCCCNc1ccc([N+](=O)[O-])c2nonc12. The maximum absolute atomic E-state index is 11.0. The number of hydrogen-bond donors (Lipinski definition) is 5. The predicted octanol–water partition coefficient (Wildman–Crippen LogP) is 2.10. The molecule has 2 aromatic rings. The molecular weight excluding hydrogens is 406 g/mol. The molecule has 1 aromatic heterocycles. The van der Waals surface area contributed by atoms with Crippen LogP contribution in [0.4, 0.5) is 11.4 Å². The summed E-state index contributed by atoms with van der Waals surface area (Å²) in [7, 11) is 0. The molecular formula is C20H33N5O6. The van der Waals surface area contributed by atoms with Crippen molar-refractivity contribution in [1.82, 2.24) is 10.3 Å². The lowest BCUT2D eigenvalue weighted by atomic mass is 10.00. The van der Waals surface area contributed by atoms with Crippen molar-refractivity contribution in [1.29, 1.82) is 0 Å². The summed E-state index contributed by atoms with van der Waals surface area (Å²) in [5, 5.41) is 50.0. The Labute approximate surface area is 180 Å². The Hall–Kier alpha value is -2.34. The number of nitro groups is 1. The summed E-state index contributed by atoms with van der Waals surface area (Å²) in [4.78, 5) is 10.5. The van der Waals surface area contributed by atoms with Crippen molar-refractivity contribution in [3.05, 3.63) is 22.2 Å². The summed E-state index contributed by atoms with van der Waals surface area (Å²) in [6.45, 7) is 0.388. The van der Waals surface area contributed by atoms with Crippen LogP contribution in [-0.2, 0) is 0 Å². The van der Waals surface area contributed by atoms with E-state index in [1.54, 1.807) is 6.07 Å². The summed E-state index contributed by atoms with van der Waals surface area (Å²) in [6.07, 6.45) is 6.82. The lowest BCUT2D eigenvalue weighted by Crippen LogP contribution is -2.45. The minimum absolute atomic E-state index is 0.124. The topological polar surface area (TPSA) is 181 Å². The number of fused-ring (bicyclic) bond motifs is 1. The average molecular weight is 440 g/mol. The summed E-state index contributed by atoms with van der Waals surface area (Å²) in [6, 6.07) is 2.22. The summed E-state index contributed by atoms with van der Waals surface area (Å²) in [5.41, 5.74) is 6.57. The zero-order valence-electron chi connectivity index (χ0n) is 17.7. The number of nitro benzene ring substituents is 1. The molecule has 6 N–H and O–H groups in total. The number of hydrogen-bond acceptors (Lipinski definition) is 10. The number of unbranched alkanes of at least 4 members (excludes halogenated alkanes) is 7. The van der Waals surface area contributed by atoms with E-state index in [0.29, 0.717) is 17.6 Å². The number of aliphatic hydroxyl groups is 3. The van der Waals surface area contributed by atoms with Crippen LogP contribution < -0.4 is 11.1 Å². The highest BCUT2D eigenvalue weighted by Crippen LogP contribution is 2.28. The van der Waals surface area contributed by atoms with E-state index in [4.69, 9.17) is 10.8 Å². The average Bonchev–Trinajstić information content (AvgIpc) is 3.26. The lowest BCUT2D eigenvalue weighted by molar-refractivity contribution is -0.383. The Bertz CT molecular complexity index is 801. The van der Waals surface area contributed by atoms with Crippen LogP contribution in [0.1, 0.15) is 57.8 Å². The Balaban J connectivity index is 1.51. The van der Waals surface area contributed by atoms with E-state index in [-0.39, 0.29) is 17.8 Å². The van der Waals surface area contributed by atoms with Crippen LogP contribution >= 0.6 is 0 Å². The van der Waals surface area contributed by atoms with Gasteiger partial charge in [-0.25, -0.2) is 4.63 Å². The van der Waals surface area contributed by atoms with Gasteiger partial charge in [0.25, 0.3) is 0 Å². The second-order valence-corrected chi connectivity index (χ2v) is 7.80. The molecule has 174 valence electrons. The quantitative estimate of drug-likeness (QED) is 0.147. The van der Waals surface area contributed by atoms with Crippen molar-refractivity contribution in [3.63, 3.8) is 0 Å². The minimum atomic E-state index is -1.08. The number of rotatable bonds is 16. The molecule has 2 rings (SSSR count). The van der Waals surface area contributed by atoms with E-state index in [9.17, 15) is 20.3 Å². The van der Waals surface area contributed by atoms with Crippen LogP contribution in [0.5, 0.6) is 0 Å². The van der Waals surface area contributed by atoms with Crippen molar-refractivity contribution < 1.29 is 24.9 Å². The van der Waals surface area contributed by atoms with Gasteiger partial charge in [-0.2, -0.15) is 0 Å². The molecule has 0 aliphatic heterocycles. The van der Waals surface area contributed by atoms with E-state index in [1.165, 1.54) is 6.07 Å². The van der Waals surface area contributed by atoms with Crippen LogP contribution in [0.3, 0.4) is 0 Å². The van der Waals surface area contributed by atoms with Crippen LogP contribution in [0, 0.1) is 10.1 Å². The third-order valence-electron chi connectivity index (χ3n) is 5.38. The summed E-state index contributed by atoms with van der Waals surface area (Å²) < 4.78 is 4.65. The van der Waals surface area contributed by atoms with E-state index in [0.717, 1.165) is 57.9 Å². The molecule has 0 spiro atoms. The first-order chi connectivity index (χ1) is 15.0. The first-order valence-electron chi connectivity index (χ1n) is 10.8. The minimum Gasteiger partial charge on any atom is -0.395 e. The molecule has 1 heterocycles. The first kappa shape index (κ1) is 24.9. The Morgan fingerprint density at radius 1 is 1.03 bits per heavy atom. The Morgan fingerprint density at radius 2 is 1.65 bits per heavy atom. The van der Waals surface area contributed by atoms with Gasteiger partial charge < -0.3 is 26.4 Å². The Morgan fingerprint density at radius 3 is 2.29 bits per heavy atom. The number of aliphatic hydroxyl groups excluding tert-OH is 3. The zero-order valence-corrected chi connectivity index (χ0v) is 17.7. The fourth-order valence-electron chi connectivity index (χ4n) is 3.47. The number of aromatic nitrogens is 2. The lowest BCUT2D eigenvalue weighted by Gasteiger charge is -2.22. The van der Waals surface area contributed by atoms with E-state index >= 15 is 0 Å². The molecule has 3 atom stereocenters. The summed E-state index contributed by atoms with van der Waals surface area (Å²) in [5.74, 6) is 0. The van der Waals surface area contributed by atoms with Gasteiger partial charge in [-0.1, -0.05) is 44.9 Å². The van der Waals surface area contributed by atoms with Crippen molar-refractivity contribution in [2.24, 2.45) is 5.73 Å². The molecule has 0 fully saturated rings. The molecule has 0 radical (unpaired) electrons. The normalized spacial score (nSPS) is 14.5. The smallest absolute Gasteiger partial charge is 0.300 e. The zero-order chi connectivity index (χ0) is 22.6. The predicted molar refractivity (Wildman–Crippen MR) is 116 cm³/mol. The number of anilines is 1. The van der Waals surface area contributed by atoms with Gasteiger partial charge in [-0.05, 0) is 29.2 Å². The van der Waals surface area contributed by atoms with Gasteiger partial charge in [-0.15, -0.1) is 0 Å². The van der Waals surface area contributed by atoms with Crippen LogP contribution in [0.2, 0.25) is 0 Å². The standard InChI is InChI=1S/C20H33N5O6/c21-14(13-26)20(28)17(27)9-7-5-3-1-2-4-6-8-12-22-15-10-11-16(25(29)30)19-18(15)23-31-24-19/h10-11,14,17,20,22,26-28H,1-9,12-13,21H2/t14-,17+,20-/m0/s1. The van der Waals surface area contributed by atoms with Gasteiger partial charge in [0.05, 0.1) is 35.5 Å². The largest absolute Gasteiger partial charge is 0.395 e. The van der Waals surface area contributed by atoms with E-state index in [2.05, 4.69) is 20.3 Å². The molecule has 0 saturated carbocycles. The maximum atomic E-state index is 11.0. The van der Waals surface area contributed by atoms with Crippen molar-refractivity contribution in [2.75, 3.05) is 18.5 Å². The highest BCUT2D eigenvalue weighted by Gasteiger charge is 2.22. The number of nitrogens with one attached hydrogen (secondary N) is 1. The molecule has 0 saturated heterocycles. The van der Waals surface area contributed by atoms with Crippen LogP contribution in [0.15, 0.2) is 16.8 Å². The van der Waals surface area contributed by atoms with E-state index < -0.39 is 23.2 Å². The van der Waals surface area contributed by atoms with Crippen molar-refractivity contribution in [2.45, 2.75) is 76.0 Å². The monoisotopic (exact) mass is 439 g/mol. The fraction of sp³-hybridized carbons (Fsp3) is 0.700. The molecule has 0 unspecified atom stereocenters. The molecule has 0 aliphatic carbocycles. The third-order valence-corrected chi connectivity index (χ3v) is 5.38. The van der Waals surface area contributed by atoms with E-state index in [1.807, 2.05) is 0 Å². The van der Waals surface area contributed by atoms with Crippen molar-refractivity contribution in [3.8, 4) is 0 Å². The van der Waals surface area contributed by atoms with Gasteiger partial charge in [0, 0.05) is 12.6 Å². The maximum Gasteiger partial charge on any atom is 0.300 e. The van der Waals surface area contributed by atoms with Gasteiger partial charge in [0.2, 0.25) is 5.52 Å². The Kier molecular flexibility index (Phi) is 10.6. The first-order valence-corrected chi connectivity index (χ1v) is 10.8. The highest BCUT2D eigenvalue weighted by atomic mass is 16.6. The van der Waals surface area contributed by atoms with Gasteiger partial charge in [0.15, 0.2) is 5.52 Å². The van der Waals surface area contributed by atoms with Crippen LogP contribution in [-0.4, -0.2) is 62.0 Å². The number of nitrogens with two attached hydrogens (primary N) is 1. The molecule has 11 nitrogen and oxygen atoms in total. The third kappa shape index (κ3) is 7.69. The molecule has 0 aliphatic rings. The van der Waals surface area contributed by atoms with Crippen LogP contribution in [0.25, 0.3) is 11.0 Å². The van der Waals surface area contributed by atoms with Crippen molar-refractivity contribution >= 4 is 22.4 Å². The molecule has 0 bridgehead atoms. The fourth-order valence-corrected chi connectivity index (χ4v) is 3.47. The molecule has 31 heavy (non-hydrogen) atoms. The number of nitrogens with zero attached hydrogens (tertiary/aromatic N) is 3. The van der Waals surface area contributed by atoms with Gasteiger partial charge in [0.1, 0.15) is 0 Å². The molecule has 0 amide bonds.